The summed E-state index contributed by atoms with van der Waals surface area (Å²) in [6, 6.07) is 41.2. The second-order valence-electron chi connectivity index (χ2n) is 11.8. The van der Waals surface area contributed by atoms with Gasteiger partial charge in [0.25, 0.3) is 0 Å². The zero-order valence-electron chi connectivity index (χ0n) is 24.1. The average Bonchev–Trinajstić information content (AvgIpc) is 3.43. The lowest BCUT2D eigenvalue weighted by molar-refractivity contribution is 0.340. The van der Waals surface area contributed by atoms with Gasteiger partial charge in [-0.3, -0.25) is 5.32 Å². The third kappa shape index (κ3) is 4.86. The van der Waals surface area contributed by atoms with E-state index < -0.39 is 0 Å². The number of nitrogens with one attached hydrogen (secondary N) is 2. The number of allylic oxidation sites excluding steroid dienone is 5. The molecule has 0 radical (unpaired) electrons. The topological polar surface area (TPSA) is 29.0 Å². The van der Waals surface area contributed by atoms with E-state index in [1.807, 2.05) is 0 Å². The molecule has 4 unspecified atom stereocenters. The first-order chi connectivity index (χ1) is 21.3. The molecule has 210 valence electrons. The van der Waals surface area contributed by atoms with Crippen molar-refractivity contribution in [1.29, 1.82) is 0 Å². The maximum atomic E-state index is 3.94. The van der Waals surface area contributed by atoms with Gasteiger partial charge in [-0.25, -0.2) is 0 Å². The van der Waals surface area contributed by atoms with Gasteiger partial charge < -0.3 is 9.88 Å². The number of hydrogen-bond acceptors (Lipinski definition) is 2. The molecule has 0 spiro atoms. The first-order valence-electron chi connectivity index (χ1n) is 15.4. The van der Waals surface area contributed by atoms with Crippen LogP contribution in [0.4, 0.5) is 0 Å². The van der Waals surface area contributed by atoms with E-state index in [-0.39, 0.29) is 12.3 Å². The molecule has 0 amide bonds. The Labute approximate surface area is 253 Å². The van der Waals surface area contributed by atoms with Crippen LogP contribution in [0.1, 0.15) is 46.7 Å². The van der Waals surface area contributed by atoms with Crippen LogP contribution < -0.4 is 10.6 Å². The SMILES string of the molecule is C1=CC(c2ccccc2)=CC(C2C=Cc3c(c4ccccc4n3C3NC(c4ccccc4)=CC(c4ccccc4)N3)C2)C1. The summed E-state index contributed by atoms with van der Waals surface area (Å²) < 4.78 is 2.48. The molecule has 2 aliphatic carbocycles. The largest absolute Gasteiger partial charge is 0.352 e. The minimum atomic E-state index is -0.109. The van der Waals surface area contributed by atoms with E-state index in [1.165, 1.54) is 44.4 Å². The number of aromatic nitrogens is 1. The van der Waals surface area contributed by atoms with E-state index in [0.29, 0.717) is 11.8 Å². The Morgan fingerprint density at radius 3 is 2.14 bits per heavy atom. The van der Waals surface area contributed by atoms with Crippen molar-refractivity contribution in [3.63, 3.8) is 0 Å². The fourth-order valence-corrected chi connectivity index (χ4v) is 7.08. The summed E-state index contributed by atoms with van der Waals surface area (Å²) in [6.07, 6.45) is 16.3. The second kappa shape index (κ2) is 11.1. The van der Waals surface area contributed by atoms with E-state index in [0.717, 1.165) is 18.5 Å². The molecule has 1 aromatic heterocycles. The molecule has 3 nitrogen and oxygen atoms in total. The Morgan fingerprint density at radius 1 is 0.651 bits per heavy atom. The van der Waals surface area contributed by atoms with Gasteiger partial charge in [0.05, 0.1) is 11.6 Å². The summed E-state index contributed by atoms with van der Waals surface area (Å²) in [7, 11) is 0. The van der Waals surface area contributed by atoms with Crippen LogP contribution in [-0.2, 0) is 6.42 Å². The van der Waals surface area contributed by atoms with E-state index >= 15 is 0 Å². The maximum absolute atomic E-state index is 3.94. The minimum Gasteiger partial charge on any atom is -0.352 e. The van der Waals surface area contributed by atoms with Crippen LogP contribution in [0.2, 0.25) is 0 Å². The summed E-state index contributed by atoms with van der Waals surface area (Å²) >= 11 is 0. The van der Waals surface area contributed by atoms with E-state index in [1.54, 1.807) is 0 Å². The van der Waals surface area contributed by atoms with E-state index in [4.69, 9.17) is 0 Å². The van der Waals surface area contributed by atoms with E-state index in [2.05, 4.69) is 167 Å². The maximum Gasteiger partial charge on any atom is 0.160 e. The van der Waals surface area contributed by atoms with E-state index in [9.17, 15) is 0 Å². The average molecular weight is 558 g/mol. The van der Waals surface area contributed by atoms with Crippen molar-refractivity contribution in [3.05, 3.63) is 174 Å². The van der Waals surface area contributed by atoms with Crippen LogP contribution in [0, 0.1) is 11.8 Å². The van der Waals surface area contributed by atoms with Gasteiger partial charge in [-0.15, -0.1) is 0 Å². The molecular formula is C40H35N3. The lowest BCUT2D eigenvalue weighted by atomic mass is 9.78. The molecule has 2 heterocycles. The molecule has 4 atom stereocenters. The zero-order chi connectivity index (χ0) is 28.6. The molecule has 0 fully saturated rings. The highest BCUT2D eigenvalue weighted by atomic mass is 15.3. The summed E-state index contributed by atoms with van der Waals surface area (Å²) in [5.74, 6) is 0.937. The van der Waals surface area contributed by atoms with Crippen LogP contribution in [-0.4, -0.2) is 4.57 Å². The van der Waals surface area contributed by atoms with Crippen molar-refractivity contribution in [2.75, 3.05) is 0 Å². The molecule has 43 heavy (non-hydrogen) atoms. The monoisotopic (exact) mass is 557 g/mol. The number of fused-ring (bicyclic) bond motifs is 3. The number of hydrogen-bond donors (Lipinski definition) is 2. The van der Waals surface area contributed by atoms with Gasteiger partial charge in [0.15, 0.2) is 6.29 Å². The molecule has 5 aromatic rings. The van der Waals surface area contributed by atoms with Gasteiger partial charge in [-0.2, -0.15) is 0 Å². The third-order valence-corrected chi connectivity index (χ3v) is 9.22. The highest BCUT2D eigenvalue weighted by molar-refractivity contribution is 5.89. The third-order valence-electron chi connectivity index (χ3n) is 9.22. The van der Waals surface area contributed by atoms with Crippen LogP contribution >= 0.6 is 0 Å². The van der Waals surface area contributed by atoms with Gasteiger partial charge in [0, 0.05) is 16.8 Å². The highest BCUT2D eigenvalue weighted by Crippen LogP contribution is 2.40. The van der Waals surface area contributed by atoms with Gasteiger partial charge in [-0.05, 0) is 70.7 Å². The van der Waals surface area contributed by atoms with Crippen LogP contribution in [0.25, 0.3) is 28.2 Å². The Bertz CT molecular complexity index is 1880. The van der Waals surface area contributed by atoms with Crippen molar-refractivity contribution in [3.8, 4) is 0 Å². The zero-order valence-corrected chi connectivity index (χ0v) is 24.1. The normalized spacial score (nSPS) is 22.9. The predicted molar refractivity (Wildman–Crippen MR) is 179 cm³/mol. The van der Waals surface area contributed by atoms with Crippen molar-refractivity contribution in [2.45, 2.75) is 25.2 Å². The van der Waals surface area contributed by atoms with Gasteiger partial charge in [0.2, 0.25) is 0 Å². The quantitative estimate of drug-likeness (QED) is 0.226. The van der Waals surface area contributed by atoms with Crippen LogP contribution in [0.5, 0.6) is 0 Å². The Morgan fingerprint density at radius 2 is 1.35 bits per heavy atom. The number of rotatable bonds is 5. The molecule has 8 rings (SSSR count). The molecular weight excluding hydrogens is 522 g/mol. The summed E-state index contributed by atoms with van der Waals surface area (Å²) in [5, 5.41) is 9.16. The number of para-hydroxylation sites is 1. The van der Waals surface area contributed by atoms with Gasteiger partial charge in [-0.1, -0.05) is 133 Å². The van der Waals surface area contributed by atoms with Crippen LogP contribution in [0.15, 0.2) is 146 Å². The Hall–Kier alpha value is -4.86. The molecule has 2 N–H and O–H groups in total. The molecule has 4 aromatic carbocycles. The first-order valence-corrected chi connectivity index (χ1v) is 15.4. The smallest absolute Gasteiger partial charge is 0.160 e. The standard InChI is InChI=1S/C40H35N3/c1-4-13-28(14-5-1)31-19-12-20-32(25-31)33-23-24-39-35(26-33)34-21-10-11-22-38(34)43(39)40-41-36(29-15-6-2-7-16-29)27-37(42-40)30-17-8-3-9-18-30/h1-19,21-25,27,32-33,36,40-42H,20,26H2. The summed E-state index contributed by atoms with van der Waals surface area (Å²) in [6.45, 7) is 0. The fraction of sp³-hybridized carbons (Fsp3) is 0.150. The molecule has 3 heteroatoms. The first kappa shape index (κ1) is 25.8. The lowest BCUT2D eigenvalue weighted by Crippen LogP contribution is -2.43. The fourth-order valence-electron chi connectivity index (χ4n) is 7.08. The van der Waals surface area contributed by atoms with Crippen molar-refractivity contribution < 1.29 is 0 Å². The molecule has 0 bridgehead atoms. The molecule has 1 aliphatic heterocycles. The van der Waals surface area contributed by atoms with Gasteiger partial charge >= 0.3 is 0 Å². The molecule has 0 saturated heterocycles. The molecule has 0 saturated carbocycles. The Balaban J connectivity index is 1.17. The second-order valence-corrected chi connectivity index (χ2v) is 11.8. The minimum absolute atomic E-state index is 0.0790. The predicted octanol–water partition coefficient (Wildman–Crippen LogP) is 8.92. The van der Waals surface area contributed by atoms with Gasteiger partial charge in [0.1, 0.15) is 0 Å². The summed E-state index contributed by atoms with van der Waals surface area (Å²) in [4.78, 5) is 0. The number of nitrogens with zero attached hydrogens (tertiary/aromatic N) is 1. The number of benzene rings is 4. The van der Waals surface area contributed by atoms with Crippen molar-refractivity contribution in [1.82, 2.24) is 15.2 Å². The summed E-state index contributed by atoms with van der Waals surface area (Å²) in [5.41, 5.74) is 10.2. The van der Waals surface area contributed by atoms with Crippen molar-refractivity contribution >= 4 is 28.2 Å². The lowest BCUT2D eigenvalue weighted by Gasteiger charge is -2.35. The highest BCUT2D eigenvalue weighted by Gasteiger charge is 2.31. The van der Waals surface area contributed by atoms with Crippen molar-refractivity contribution in [2.24, 2.45) is 11.8 Å². The molecule has 3 aliphatic rings. The van der Waals surface area contributed by atoms with Crippen LogP contribution in [0.3, 0.4) is 0 Å². The Kier molecular flexibility index (Phi) is 6.66.